The summed E-state index contributed by atoms with van der Waals surface area (Å²) in [5.74, 6) is -1.33. The lowest BCUT2D eigenvalue weighted by atomic mass is 10.1. The molecule has 0 bridgehead atoms. The number of nitrogens with one attached hydrogen (secondary N) is 1. The molecular weight excluding hydrogens is 270 g/mol. The molecule has 0 fully saturated rings. The first-order valence-corrected chi connectivity index (χ1v) is 7.09. The number of carboxylic acid groups (broad SMARTS) is 1. The monoisotopic (exact) mass is 293 g/mol. The van der Waals surface area contributed by atoms with Gasteiger partial charge in [0.25, 0.3) is 0 Å². The molecule has 5 heteroatoms. The molecule has 2 N–H and O–H groups in total. The SMILES string of the molecule is COCC(NC(=O)CCCCc1ccc(C)cc1)C(=O)O. The van der Waals surface area contributed by atoms with Gasteiger partial charge in [0, 0.05) is 13.5 Å². The molecule has 1 amide bonds. The molecule has 0 aliphatic heterocycles. The zero-order valence-corrected chi connectivity index (χ0v) is 12.6. The minimum absolute atomic E-state index is 0.0234. The van der Waals surface area contributed by atoms with Crippen molar-refractivity contribution in [1.29, 1.82) is 0 Å². The summed E-state index contributed by atoms with van der Waals surface area (Å²) in [5, 5.41) is 11.4. The second-order valence-corrected chi connectivity index (χ2v) is 5.11. The molecule has 116 valence electrons. The van der Waals surface area contributed by atoms with Gasteiger partial charge in [-0.15, -0.1) is 0 Å². The van der Waals surface area contributed by atoms with Gasteiger partial charge < -0.3 is 15.2 Å². The van der Waals surface area contributed by atoms with Gasteiger partial charge in [0.05, 0.1) is 6.61 Å². The lowest BCUT2D eigenvalue weighted by Crippen LogP contribution is -2.43. The van der Waals surface area contributed by atoms with Crippen LogP contribution >= 0.6 is 0 Å². The van der Waals surface area contributed by atoms with Gasteiger partial charge in [-0.3, -0.25) is 4.79 Å². The van der Waals surface area contributed by atoms with E-state index < -0.39 is 12.0 Å². The predicted octanol–water partition coefficient (Wildman–Crippen LogP) is 1.92. The van der Waals surface area contributed by atoms with E-state index in [1.54, 1.807) is 0 Å². The number of aliphatic carboxylic acids is 1. The molecule has 0 radical (unpaired) electrons. The maximum absolute atomic E-state index is 11.7. The Kier molecular flexibility index (Phi) is 7.46. The number of hydrogen-bond donors (Lipinski definition) is 2. The van der Waals surface area contributed by atoms with Crippen molar-refractivity contribution in [2.24, 2.45) is 0 Å². The van der Waals surface area contributed by atoms with Crippen LogP contribution in [0, 0.1) is 6.92 Å². The van der Waals surface area contributed by atoms with Gasteiger partial charge in [-0.1, -0.05) is 29.8 Å². The van der Waals surface area contributed by atoms with Crippen LogP contribution < -0.4 is 5.32 Å². The lowest BCUT2D eigenvalue weighted by molar-refractivity contribution is -0.143. The molecule has 0 heterocycles. The fraction of sp³-hybridized carbons (Fsp3) is 0.500. The minimum atomic E-state index is -1.08. The summed E-state index contributed by atoms with van der Waals surface area (Å²) in [4.78, 5) is 22.5. The van der Waals surface area contributed by atoms with E-state index in [0.717, 1.165) is 19.3 Å². The van der Waals surface area contributed by atoms with Gasteiger partial charge in [0.15, 0.2) is 6.04 Å². The van der Waals surface area contributed by atoms with Crippen LogP contribution in [-0.4, -0.2) is 36.7 Å². The third kappa shape index (κ3) is 6.90. The van der Waals surface area contributed by atoms with E-state index >= 15 is 0 Å². The molecule has 0 saturated heterocycles. The molecule has 1 unspecified atom stereocenters. The van der Waals surface area contributed by atoms with Crippen molar-refractivity contribution in [1.82, 2.24) is 5.32 Å². The van der Waals surface area contributed by atoms with Gasteiger partial charge in [-0.05, 0) is 31.7 Å². The second kappa shape index (κ2) is 9.13. The minimum Gasteiger partial charge on any atom is -0.480 e. The van der Waals surface area contributed by atoms with Gasteiger partial charge in [0.2, 0.25) is 5.91 Å². The average molecular weight is 293 g/mol. The number of amides is 1. The number of carboxylic acids is 1. The van der Waals surface area contributed by atoms with Crippen LogP contribution in [0.2, 0.25) is 0 Å². The first kappa shape index (κ1) is 17.2. The molecular formula is C16H23NO4. The Balaban J connectivity index is 2.23. The van der Waals surface area contributed by atoms with E-state index in [0.29, 0.717) is 6.42 Å². The molecule has 1 rings (SSSR count). The Bertz CT molecular complexity index is 456. The van der Waals surface area contributed by atoms with Gasteiger partial charge in [-0.25, -0.2) is 4.79 Å². The van der Waals surface area contributed by atoms with Crippen molar-refractivity contribution in [2.45, 2.75) is 38.6 Å². The highest BCUT2D eigenvalue weighted by molar-refractivity contribution is 5.83. The summed E-state index contributed by atoms with van der Waals surface area (Å²) in [5.41, 5.74) is 2.49. The fourth-order valence-corrected chi connectivity index (χ4v) is 1.98. The van der Waals surface area contributed by atoms with E-state index in [-0.39, 0.29) is 12.5 Å². The number of unbranched alkanes of at least 4 members (excludes halogenated alkanes) is 1. The van der Waals surface area contributed by atoms with Crippen LogP contribution in [0.5, 0.6) is 0 Å². The first-order chi connectivity index (χ1) is 10.0. The molecule has 1 atom stereocenters. The Morgan fingerprint density at radius 3 is 2.48 bits per heavy atom. The van der Waals surface area contributed by atoms with Crippen molar-refractivity contribution in [3.8, 4) is 0 Å². The first-order valence-electron chi connectivity index (χ1n) is 7.09. The number of aryl methyl sites for hydroxylation is 2. The zero-order chi connectivity index (χ0) is 15.7. The summed E-state index contributed by atoms with van der Waals surface area (Å²) in [7, 11) is 1.41. The highest BCUT2D eigenvalue weighted by atomic mass is 16.5. The van der Waals surface area contributed by atoms with E-state index in [4.69, 9.17) is 9.84 Å². The van der Waals surface area contributed by atoms with Crippen LogP contribution in [-0.2, 0) is 20.7 Å². The molecule has 0 aromatic heterocycles. The van der Waals surface area contributed by atoms with Crippen LogP contribution in [0.3, 0.4) is 0 Å². The van der Waals surface area contributed by atoms with E-state index in [1.807, 2.05) is 6.92 Å². The number of benzene rings is 1. The molecule has 0 aliphatic carbocycles. The number of hydrogen-bond acceptors (Lipinski definition) is 3. The van der Waals surface area contributed by atoms with E-state index in [1.165, 1.54) is 18.2 Å². The van der Waals surface area contributed by atoms with Crippen molar-refractivity contribution in [3.05, 3.63) is 35.4 Å². The predicted molar refractivity (Wildman–Crippen MR) is 80.2 cm³/mol. The Hall–Kier alpha value is -1.88. The van der Waals surface area contributed by atoms with Gasteiger partial charge >= 0.3 is 5.97 Å². The third-order valence-corrected chi connectivity index (χ3v) is 3.21. The number of methoxy groups -OCH3 is 1. The summed E-state index contributed by atoms with van der Waals surface area (Å²) >= 11 is 0. The average Bonchev–Trinajstić information content (AvgIpc) is 2.45. The summed E-state index contributed by atoms with van der Waals surface area (Å²) in [6.07, 6.45) is 2.89. The van der Waals surface area contributed by atoms with Gasteiger partial charge in [-0.2, -0.15) is 0 Å². The Morgan fingerprint density at radius 2 is 1.90 bits per heavy atom. The molecule has 21 heavy (non-hydrogen) atoms. The van der Waals surface area contributed by atoms with Crippen LogP contribution in [0.4, 0.5) is 0 Å². The highest BCUT2D eigenvalue weighted by Gasteiger charge is 2.19. The maximum Gasteiger partial charge on any atom is 0.328 e. The quantitative estimate of drug-likeness (QED) is 0.682. The van der Waals surface area contributed by atoms with Crippen LogP contribution in [0.1, 0.15) is 30.4 Å². The molecule has 0 spiro atoms. The van der Waals surface area contributed by atoms with E-state index in [2.05, 4.69) is 29.6 Å². The molecule has 1 aromatic rings. The number of rotatable bonds is 9. The van der Waals surface area contributed by atoms with E-state index in [9.17, 15) is 9.59 Å². The summed E-state index contributed by atoms with van der Waals surface area (Å²) < 4.78 is 4.76. The molecule has 0 aliphatic rings. The normalized spacial score (nSPS) is 11.9. The Labute approximate surface area is 125 Å². The molecule has 5 nitrogen and oxygen atoms in total. The topological polar surface area (TPSA) is 75.6 Å². The number of carbonyl (C=O) groups excluding carboxylic acids is 1. The van der Waals surface area contributed by atoms with Crippen LogP contribution in [0.15, 0.2) is 24.3 Å². The summed E-state index contributed by atoms with van der Waals surface area (Å²) in [6, 6.07) is 7.36. The standard InChI is InChI=1S/C16H23NO4/c1-12-7-9-13(10-8-12)5-3-4-6-15(18)17-14(11-21-2)16(19)20/h7-10,14H,3-6,11H2,1-2H3,(H,17,18)(H,19,20). The zero-order valence-electron chi connectivity index (χ0n) is 12.6. The number of carbonyl (C=O) groups is 2. The largest absolute Gasteiger partial charge is 0.480 e. The van der Waals surface area contributed by atoms with Crippen molar-refractivity contribution >= 4 is 11.9 Å². The second-order valence-electron chi connectivity index (χ2n) is 5.11. The Morgan fingerprint density at radius 1 is 1.24 bits per heavy atom. The highest BCUT2D eigenvalue weighted by Crippen LogP contribution is 2.08. The lowest BCUT2D eigenvalue weighted by Gasteiger charge is -2.13. The maximum atomic E-state index is 11.7. The third-order valence-electron chi connectivity index (χ3n) is 3.21. The van der Waals surface area contributed by atoms with Crippen molar-refractivity contribution in [3.63, 3.8) is 0 Å². The smallest absolute Gasteiger partial charge is 0.328 e. The van der Waals surface area contributed by atoms with Crippen molar-refractivity contribution < 1.29 is 19.4 Å². The molecule has 1 aromatic carbocycles. The fourth-order valence-electron chi connectivity index (χ4n) is 1.98. The molecule has 0 saturated carbocycles. The van der Waals surface area contributed by atoms with Crippen molar-refractivity contribution in [2.75, 3.05) is 13.7 Å². The number of ether oxygens (including phenoxy) is 1. The van der Waals surface area contributed by atoms with Gasteiger partial charge in [0.1, 0.15) is 0 Å². The summed E-state index contributed by atoms with van der Waals surface area (Å²) in [6.45, 7) is 2.03. The van der Waals surface area contributed by atoms with Crippen LogP contribution in [0.25, 0.3) is 0 Å².